The van der Waals surface area contributed by atoms with Crippen LogP contribution in [0.4, 0.5) is 4.39 Å². The standard InChI is InChI=1S/C14H16FN3/c1-10-5-4-8-18-14(10)16-13(17-18)9-11-6-2-3-7-12(11)15/h2-3,6-7,10H,4-5,8-9H2,1H3. The number of hydrogen-bond acceptors (Lipinski definition) is 2. The maximum atomic E-state index is 13.6. The lowest BCUT2D eigenvalue weighted by Gasteiger charge is -2.17. The predicted octanol–water partition coefficient (Wildman–Crippen LogP) is 2.91. The Kier molecular flexibility index (Phi) is 2.86. The third kappa shape index (κ3) is 2.03. The van der Waals surface area contributed by atoms with Crippen LogP contribution in [0.15, 0.2) is 24.3 Å². The topological polar surface area (TPSA) is 30.7 Å². The van der Waals surface area contributed by atoms with E-state index in [1.54, 1.807) is 12.1 Å². The highest BCUT2D eigenvalue weighted by Gasteiger charge is 2.20. The molecule has 4 heteroatoms. The summed E-state index contributed by atoms with van der Waals surface area (Å²) < 4.78 is 15.5. The van der Waals surface area contributed by atoms with Gasteiger partial charge in [0.25, 0.3) is 0 Å². The lowest BCUT2D eigenvalue weighted by atomic mass is 10.0. The molecule has 2 aromatic rings. The van der Waals surface area contributed by atoms with Gasteiger partial charge in [-0.2, -0.15) is 5.10 Å². The maximum absolute atomic E-state index is 13.6. The molecule has 1 atom stereocenters. The highest BCUT2D eigenvalue weighted by molar-refractivity contribution is 5.21. The highest BCUT2D eigenvalue weighted by atomic mass is 19.1. The van der Waals surface area contributed by atoms with E-state index in [1.807, 2.05) is 10.7 Å². The van der Waals surface area contributed by atoms with Crippen molar-refractivity contribution in [1.82, 2.24) is 14.8 Å². The zero-order chi connectivity index (χ0) is 12.5. The van der Waals surface area contributed by atoms with Gasteiger partial charge in [-0.25, -0.2) is 14.1 Å². The van der Waals surface area contributed by atoms with Crippen LogP contribution >= 0.6 is 0 Å². The van der Waals surface area contributed by atoms with Crippen LogP contribution in [-0.2, 0) is 13.0 Å². The summed E-state index contributed by atoms with van der Waals surface area (Å²) in [7, 11) is 0. The molecule has 0 N–H and O–H groups in total. The van der Waals surface area contributed by atoms with E-state index < -0.39 is 0 Å². The molecule has 0 aliphatic carbocycles. The largest absolute Gasteiger partial charge is 0.250 e. The Morgan fingerprint density at radius 3 is 3.00 bits per heavy atom. The number of fused-ring (bicyclic) bond motifs is 1. The first-order valence-corrected chi connectivity index (χ1v) is 6.41. The van der Waals surface area contributed by atoms with Gasteiger partial charge in [0.05, 0.1) is 0 Å². The average molecular weight is 245 g/mol. The molecule has 0 radical (unpaired) electrons. The molecule has 1 aliphatic heterocycles. The van der Waals surface area contributed by atoms with Crippen molar-refractivity contribution in [1.29, 1.82) is 0 Å². The van der Waals surface area contributed by atoms with Gasteiger partial charge in [0.1, 0.15) is 11.6 Å². The van der Waals surface area contributed by atoms with Crippen molar-refractivity contribution in [2.75, 3.05) is 0 Å². The molecule has 0 amide bonds. The molecule has 94 valence electrons. The first kappa shape index (κ1) is 11.4. The van der Waals surface area contributed by atoms with Gasteiger partial charge < -0.3 is 0 Å². The van der Waals surface area contributed by atoms with Crippen LogP contribution in [-0.4, -0.2) is 14.8 Å². The van der Waals surface area contributed by atoms with Gasteiger partial charge in [0.2, 0.25) is 0 Å². The van der Waals surface area contributed by atoms with Crippen LogP contribution in [0.25, 0.3) is 0 Å². The summed E-state index contributed by atoms with van der Waals surface area (Å²) in [4.78, 5) is 4.55. The number of nitrogens with zero attached hydrogens (tertiary/aromatic N) is 3. The lowest BCUT2D eigenvalue weighted by Crippen LogP contribution is -2.14. The summed E-state index contributed by atoms with van der Waals surface area (Å²) in [6.45, 7) is 3.11. The first-order valence-electron chi connectivity index (χ1n) is 6.41. The fraction of sp³-hybridized carbons (Fsp3) is 0.429. The van der Waals surface area contributed by atoms with Crippen molar-refractivity contribution in [3.63, 3.8) is 0 Å². The molecule has 1 aromatic carbocycles. The third-order valence-corrected chi connectivity index (χ3v) is 3.50. The minimum absolute atomic E-state index is 0.182. The van der Waals surface area contributed by atoms with E-state index >= 15 is 0 Å². The van der Waals surface area contributed by atoms with Crippen LogP contribution in [0, 0.1) is 5.82 Å². The fourth-order valence-electron chi connectivity index (χ4n) is 2.50. The SMILES string of the molecule is CC1CCCn2nc(Cc3ccccc3F)nc21. The normalized spacial score (nSPS) is 18.7. The maximum Gasteiger partial charge on any atom is 0.155 e. The summed E-state index contributed by atoms with van der Waals surface area (Å²) >= 11 is 0. The fourth-order valence-corrected chi connectivity index (χ4v) is 2.50. The molecule has 18 heavy (non-hydrogen) atoms. The van der Waals surface area contributed by atoms with Gasteiger partial charge in [0, 0.05) is 18.9 Å². The number of aromatic nitrogens is 3. The molecule has 0 spiro atoms. The minimum atomic E-state index is -0.182. The summed E-state index contributed by atoms with van der Waals surface area (Å²) in [5, 5.41) is 4.48. The Morgan fingerprint density at radius 1 is 1.39 bits per heavy atom. The molecular formula is C14H16FN3. The third-order valence-electron chi connectivity index (χ3n) is 3.50. The predicted molar refractivity (Wildman–Crippen MR) is 66.9 cm³/mol. The van der Waals surface area contributed by atoms with Crippen LogP contribution in [0.5, 0.6) is 0 Å². The Balaban J connectivity index is 1.88. The Hall–Kier alpha value is -1.71. The van der Waals surface area contributed by atoms with E-state index in [-0.39, 0.29) is 5.82 Å². The number of halogens is 1. The molecule has 0 fully saturated rings. The van der Waals surface area contributed by atoms with Gasteiger partial charge >= 0.3 is 0 Å². The molecule has 0 bridgehead atoms. The van der Waals surface area contributed by atoms with Crippen LogP contribution in [0.2, 0.25) is 0 Å². The second kappa shape index (κ2) is 4.52. The summed E-state index contributed by atoms with van der Waals surface area (Å²) in [6.07, 6.45) is 2.79. The van der Waals surface area contributed by atoms with Gasteiger partial charge in [-0.15, -0.1) is 0 Å². The van der Waals surface area contributed by atoms with Gasteiger partial charge in [0.15, 0.2) is 5.82 Å². The van der Waals surface area contributed by atoms with Crippen LogP contribution < -0.4 is 0 Å². The monoisotopic (exact) mass is 245 g/mol. The summed E-state index contributed by atoms with van der Waals surface area (Å²) in [5.74, 6) is 2.05. The molecule has 1 aliphatic rings. The van der Waals surface area contributed by atoms with Crippen LogP contribution in [0.3, 0.4) is 0 Å². The average Bonchev–Trinajstić information content (AvgIpc) is 2.76. The molecule has 1 aromatic heterocycles. The molecule has 3 rings (SSSR count). The molecule has 0 saturated carbocycles. The van der Waals surface area contributed by atoms with Gasteiger partial charge in [-0.1, -0.05) is 25.1 Å². The van der Waals surface area contributed by atoms with Crippen molar-refractivity contribution in [3.8, 4) is 0 Å². The van der Waals surface area contributed by atoms with Crippen molar-refractivity contribution in [3.05, 3.63) is 47.3 Å². The Labute approximate surface area is 106 Å². The first-order chi connectivity index (χ1) is 8.74. The van der Waals surface area contributed by atoms with Crippen molar-refractivity contribution in [2.24, 2.45) is 0 Å². The van der Waals surface area contributed by atoms with Crippen molar-refractivity contribution in [2.45, 2.75) is 38.6 Å². The lowest BCUT2D eigenvalue weighted by molar-refractivity contribution is 0.431. The van der Waals surface area contributed by atoms with Gasteiger partial charge in [-0.3, -0.25) is 0 Å². The summed E-state index contributed by atoms with van der Waals surface area (Å²) in [5.41, 5.74) is 0.660. The van der Waals surface area contributed by atoms with E-state index in [0.29, 0.717) is 17.9 Å². The van der Waals surface area contributed by atoms with Gasteiger partial charge in [-0.05, 0) is 24.5 Å². The Morgan fingerprint density at radius 2 is 2.22 bits per heavy atom. The Bertz CT molecular complexity index is 562. The molecule has 2 heterocycles. The molecule has 3 nitrogen and oxygen atoms in total. The number of hydrogen-bond donors (Lipinski definition) is 0. The minimum Gasteiger partial charge on any atom is -0.250 e. The second-order valence-electron chi connectivity index (χ2n) is 4.92. The van der Waals surface area contributed by atoms with E-state index in [1.165, 1.54) is 6.07 Å². The van der Waals surface area contributed by atoms with Crippen molar-refractivity contribution >= 4 is 0 Å². The number of aryl methyl sites for hydroxylation is 1. The van der Waals surface area contributed by atoms with E-state index in [0.717, 1.165) is 31.0 Å². The van der Waals surface area contributed by atoms with E-state index in [9.17, 15) is 4.39 Å². The van der Waals surface area contributed by atoms with E-state index in [4.69, 9.17) is 0 Å². The summed E-state index contributed by atoms with van der Waals surface area (Å²) in [6, 6.07) is 6.82. The van der Waals surface area contributed by atoms with Crippen LogP contribution in [0.1, 0.15) is 42.9 Å². The van der Waals surface area contributed by atoms with E-state index in [2.05, 4.69) is 17.0 Å². The molecular weight excluding hydrogens is 229 g/mol. The smallest absolute Gasteiger partial charge is 0.155 e. The number of rotatable bonds is 2. The zero-order valence-electron chi connectivity index (χ0n) is 10.4. The highest BCUT2D eigenvalue weighted by Crippen LogP contribution is 2.25. The second-order valence-corrected chi connectivity index (χ2v) is 4.92. The zero-order valence-corrected chi connectivity index (χ0v) is 10.4. The van der Waals surface area contributed by atoms with Crippen molar-refractivity contribution < 1.29 is 4.39 Å². The quantitative estimate of drug-likeness (QED) is 0.814. The molecule has 1 unspecified atom stereocenters. The molecule has 0 saturated heterocycles. The number of benzene rings is 1.